The average molecular weight is 798 g/mol. The van der Waals surface area contributed by atoms with Crippen molar-refractivity contribution in [3.63, 3.8) is 0 Å². The number of ether oxygens (including phenoxy) is 3. The van der Waals surface area contributed by atoms with Gasteiger partial charge in [-0.05, 0) is 80.7 Å². The van der Waals surface area contributed by atoms with Gasteiger partial charge in [0.05, 0.1) is 28.9 Å². The van der Waals surface area contributed by atoms with E-state index in [1.54, 1.807) is 18.2 Å². The fourth-order valence-electron chi connectivity index (χ4n) is 9.30. The highest BCUT2D eigenvalue weighted by Gasteiger charge is 2.45. The highest BCUT2D eigenvalue weighted by molar-refractivity contribution is 6.23. The zero-order valence-corrected chi connectivity index (χ0v) is 33.0. The maximum absolute atomic E-state index is 13.1. The van der Waals surface area contributed by atoms with Gasteiger partial charge in [0.2, 0.25) is 17.7 Å². The highest BCUT2D eigenvalue weighted by Crippen LogP contribution is 2.34. The minimum Gasteiger partial charge on any atom is -0.488 e. The van der Waals surface area contributed by atoms with Gasteiger partial charge < -0.3 is 23.7 Å². The van der Waals surface area contributed by atoms with Crippen LogP contribution in [0.1, 0.15) is 65.7 Å². The van der Waals surface area contributed by atoms with E-state index in [2.05, 4.69) is 67.0 Å². The molecule has 5 aliphatic rings. The van der Waals surface area contributed by atoms with E-state index in [1.165, 1.54) is 16.4 Å². The van der Waals surface area contributed by atoms with Gasteiger partial charge in [-0.15, -0.1) is 0 Å². The number of nitrogens with zero attached hydrogens (tertiary/aromatic N) is 6. The van der Waals surface area contributed by atoms with E-state index in [9.17, 15) is 19.2 Å². The van der Waals surface area contributed by atoms with Crippen LogP contribution in [0.2, 0.25) is 0 Å². The van der Waals surface area contributed by atoms with Crippen LogP contribution in [0.15, 0.2) is 73.2 Å². The summed E-state index contributed by atoms with van der Waals surface area (Å²) < 4.78 is 21.0. The van der Waals surface area contributed by atoms with E-state index >= 15 is 0 Å². The number of hydrogen-bond donors (Lipinski definition) is 1. The van der Waals surface area contributed by atoms with Gasteiger partial charge in [-0.3, -0.25) is 39.3 Å². The number of carbonyl (C=O) groups is 4. The SMILES string of the molecule is Cn1c2ccncc2c2ccc(-c3ccc(OC4CC(OC5CCN(CCCN6CC(Oc7ccc8c(c7)C(=O)N(C7CCC(=O)NC7=O)C8=O)C6)CC5)C4)nc3)cc21. The Bertz CT molecular complexity index is 2450. The summed E-state index contributed by atoms with van der Waals surface area (Å²) in [6, 6.07) is 16.5. The van der Waals surface area contributed by atoms with Crippen molar-refractivity contribution < 1.29 is 33.4 Å². The average Bonchev–Trinajstić information content (AvgIpc) is 3.64. The quantitative estimate of drug-likeness (QED) is 0.175. The third kappa shape index (κ3) is 7.34. The molecule has 1 aliphatic carbocycles. The molecule has 1 unspecified atom stereocenters. The van der Waals surface area contributed by atoms with Crippen LogP contribution in [0.5, 0.6) is 11.6 Å². The smallest absolute Gasteiger partial charge is 0.262 e. The number of hydrogen-bond acceptors (Lipinski definition) is 11. The molecular weight excluding hydrogens is 751 g/mol. The zero-order valence-electron chi connectivity index (χ0n) is 33.0. The summed E-state index contributed by atoms with van der Waals surface area (Å²) in [5, 5.41) is 4.58. The number of fused-ring (bicyclic) bond motifs is 4. The lowest BCUT2D eigenvalue weighted by atomic mass is 9.91. The lowest BCUT2D eigenvalue weighted by Gasteiger charge is -2.40. The number of rotatable bonds is 12. The highest BCUT2D eigenvalue weighted by atomic mass is 16.5. The Morgan fingerprint density at radius 2 is 1.53 bits per heavy atom. The van der Waals surface area contributed by atoms with Gasteiger partial charge in [0, 0.05) is 99.0 Å². The Hall–Kier alpha value is -5.70. The van der Waals surface area contributed by atoms with Crippen molar-refractivity contribution in [2.75, 3.05) is 39.3 Å². The first kappa shape index (κ1) is 37.6. The Morgan fingerprint density at radius 1 is 0.729 bits per heavy atom. The summed E-state index contributed by atoms with van der Waals surface area (Å²) in [5.74, 6) is -0.875. The molecule has 5 aromatic rings. The van der Waals surface area contributed by atoms with Crippen LogP contribution >= 0.6 is 0 Å². The first-order valence-corrected chi connectivity index (χ1v) is 20.8. The standard InChI is InChI=1S/C45H47N7O7/c1-49-38-11-14-46-24-37(38)34-6-3-27(19-40(34)49)28-4-10-42(47-23-28)59-32-20-31(21-32)57-29-12-17-50(18-13-29)15-2-16-51-25-33(26-51)58-30-5-7-35-36(22-30)45(56)52(44(35)55)39-8-9-41(53)48-43(39)54/h3-7,10-11,14,19,22-24,29,31-33,39H,2,8-9,12-13,15-18,20-21,25-26H2,1H3,(H,48,53,54). The van der Waals surface area contributed by atoms with Crippen molar-refractivity contribution in [1.29, 1.82) is 0 Å². The van der Waals surface area contributed by atoms with Crippen LogP contribution in [-0.2, 0) is 21.4 Å². The molecule has 3 aromatic heterocycles. The van der Waals surface area contributed by atoms with Crippen LogP contribution in [0.25, 0.3) is 32.9 Å². The van der Waals surface area contributed by atoms with Crippen molar-refractivity contribution in [2.24, 2.45) is 7.05 Å². The molecule has 7 heterocycles. The molecule has 2 aromatic carbocycles. The molecule has 59 heavy (non-hydrogen) atoms. The molecule has 10 rings (SSSR count). The maximum Gasteiger partial charge on any atom is 0.262 e. The number of aromatic nitrogens is 3. The number of aryl methyl sites for hydroxylation is 1. The monoisotopic (exact) mass is 797 g/mol. The number of likely N-dealkylation sites (tertiary alicyclic amines) is 2. The summed E-state index contributed by atoms with van der Waals surface area (Å²) in [6.45, 7) is 5.75. The predicted octanol–water partition coefficient (Wildman–Crippen LogP) is 4.73. The predicted molar refractivity (Wildman–Crippen MR) is 218 cm³/mol. The summed E-state index contributed by atoms with van der Waals surface area (Å²) in [5.41, 5.74) is 5.00. The van der Waals surface area contributed by atoms with Gasteiger partial charge >= 0.3 is 0 Å². The first-order valence-electron chi connectivity index (χ1n) is 20.8. The van der Waals surface area contributed by atoms with Crippen molar-refractivity contribution in [1.82, 2.24) is 34.6 Å². The Kier molecular flexibility index (Phi) is 9.85. The topological polar surface area (TPSA) is 148 Å². The third-order valence-corrected chi connectivity index (χ3v) is 12.7. The third-order valence-electron chi connectivity index (χ3n) is 12.7. The number of imide groups is 2. The van der Waals surface area contributed by atoms with Gasteiger partial charge in [-0.1, -0.05) is 12.1 Å². The summed E-state index contributed by atoms with van der Waals surface area (Å²) >= 11 is 0. The molecule has 1 saturated carbocycles. The van der Waals surface area contributed by atoms with Crippen LogP contribution in [0.4, 0.5) is 0 Å². The number of amides is 4. The molecule has 304 valence electrons. The van der Waals surface area contributed by atoms with Gasteiger partial charge in [-0.25, -0.2) is 4.98 Å². The Labute approximate surface area is 341 Å². The summed E-state index contributed by atoms with van der Waals surface area (Å²) in [7, 11) is 2.09. The van der Waals surface area contributed by atoms with E-state index in [1.807, 2.05) is 24.7 Å². The molecule has 1 atom stereocenters. The molecule has 4 fully saturated rings. The van der Waals surface area contributed by atoms with Crippen LogP contribution in [-0.4, -0.2) is 123 Å². The van der Waals surface area contributed by atoms with E-state index in [4.69, 9.17) is 14.2 Å². The lowest BCUT2D eigenvalue weighted by molar-refractivity contribution is -0.136. The molecule has 1 N–H and O–H groups in total. The first-order chi connectivity index (χ1) is 28.7. The molecule has 0 bridgehead atoms. The van der Waals surface area contributed by atoms with Gasteiger partial charge in [0.15, 0.2) is 0 Å². The summed E-state index contributed by atoms with van der Waals surface area (Å²) in [4.78, 5) is 64.9. The van der Waals surface area contributed by atoms with Crippen LogP contribution < -0.4 is 14.8 Å². The Balaban J connectivity index is 0.606. The molecule has 14 heteroatoms. The van der Waals surface area contributed by atoms with E-state index in [0.29, 0.717) is 17.7 Å². The normalized spacial score (nSPS) is 23.1. The molecule has 0 radical (unpaired) electrons. The van der Waals surface area contributed by atoms with E-state index in [0.717, 1.165) is 92.8 Å². The minimum absolute atomic E-state index is 0.00822. The van der Waals surface area contributed by atoms with Crippen molar-refractivity contribution in [2.45, 2.75) is 75.4 Å². The molecule has 14 nitrogen and oxygen atoms in total. The molecule has 0 spiro atoms. The van der Waals surface area contributed by atoms with Gasteiger partial charge in [0.25, 0.3) is 11.8 Å². The number of carbonyl (C=O) groups excluding carboxylic acids is 4. The van der Waals surface area contributed by atoms with E-state index < -0.39 is 29.7 Å². The lowest BCUT2D eigenvalue weighted by Crippen LogP contribution is -2.54. The maximum atomic E-state index is 13.1. The number of pyridine rings is 2. The summed E-state index contributed by atoms with van der Waals surface area (Å²) in [6.07, 6.45) is 11.5. The van der Waals surface area contributed by atoms with Crippen LogP contribution in [0.3, 0.4) is 0 Å². The molecule has 3 saturated heterocycles. The van der Waals surface area contributed by atoms with Crippen molar-refractivity contribution in [3.8, 4) is 22.8 Å². The fourth-order valence-corrected chi connectivity index (χ4v) is 9.30. The minimum atomic E-state index is -0.982. The fraction of sp³-hybridized carbons (Fsp3) is 0.422. The van der Waals surface area contributed by atoms with Crippen molar-refractivity contribution in [3.05, 3.63) is 84.3 Å². The second-order valence-corrected chi connectivity index (χ2v) is 16.6. The number of benzene rings is 2. The molecule has 4 amide bonds. The molecular formula is C45H47N7O7. The van der Waals surface area contributed by atoms with Crippen molar-refractivity contribution >= 4 is 45.4 Å². The van der Waals surface area contributed by atoms with Gasteiger partial charge in [-0.2, -0.15) is 0 Å². The second-order valence-electron chi connectivity index (χ2n) is 16.6. The molecule has 4 aliphatic heterocycles. The second kappa shape index (κ2) is 15.5. The Morgan fingerprint density at radius 3 is 2.32 bits per heavy atom. The van der Waals surface area contributed by atoms with Crippen LogP contribution in [0, 0.1) is 0 Å². The van der Waals surface area contributed by atoms with E-state index in [-0.39, 0.29) is 42.3 Å². The number of nitrogens with one attached hydrogen (secondary N) is 1. The van der Waals surface area contributed by atoms with Gasteiger partial charge in [0.1, 0.15) is 24.0 Å². The largest absolute Gasteiger partial charge is 0.488 e. The zero-order chi connectivity index (χ0) is 40.2. The number of piperidine rings is 2.